The van der Waals surface area contributed by atoms with Crippen molar-refractivity contribution in [2.75, 3.05) is 18.2 Å². The summed E-state index contributed by atoms with van der Waals surface area (Å²) in [6.45, 7) is 3.88. The SMILES string of the molecule is CCc1c(C)sc(NC(=O)CSc2nnc(-c3ccc(Cl)cc3Cl)n2C)c1C(=O)OC. The number of aromatic nitrogens is 3. The van der Waals surface area contributed by atoms with Gasteiger partial charge in [0.15, 0.2) is 11.0 Å². The second-order valence-corrected chi connectivity index (χ2v) is 9.52. The van der Waals surface area contributed by atoms with Crippen molar-refractivity contribution in [3.8, 4) is 11.4 Å². The lowest BCUT2D eigenvalue weighted by Crippen LogP contribution is -2.16. The van der Waals surface area contributed by atoms with Gasteiger partial charge in [-0.2, -0.15) is 0 Å². The van der Waals surface area contributed by atoms with Gasteiger partial charge >= 0.3 is 5.97 Å². The van der Waals surface area contributed by atoms with E-state index in [2.05, 4.69) is 15.5 Å². The van der Waals surface area contributed by atoms with E-state index >= 15 is 0 Å². The number of thiophene rings is 1. The number of ether oxygens (including phenoxy) is 1. The van der Waals surface area contributed by atoms with E-state index in [9.17, 15) is 9.59 Å². The first-order valence-electron chi connectivity index (χ1n) is 9.24. The van der Waals surface area contributed by atoms with Crippen molar-refractivity contribution in [1.29, 1.82) is 0 Å². The van der Waals surface area contributed by atoms with Gasteiger partial charge in [-0.15, -0.1) is 21.5 Å². The van der Waals surface area contributed by atoms with Crippen LogP contribution in [0.25, 0.3) is 11.4 Å². The molecule has 0 unspecified atom stereocenters. The van der Waals surface area contributed by atoms with Gasteiger partial charge in [-0.25, -0.2) is 4.79 Å². The van der Waals surface area contributed by atoms with Crippen molar-refractivity contribution >= 4 is 63.2 Å². The van der Waals surface area contributed by atoms with Crippen LogP contribution in [0.1, 0.15) is 27.7 Å². The maximum absolute atomic E-state index is 12.6. The summed E-state index contributed by atoms with van der Waals surface area (Å²) >= 11 is 14.8. The number of thioether (sulfide) groups is 1. The summed E-state index contributed by atoms with van der Waals surface area (Å²) < 4.78 is 6.65. The van der Waals surface area contributed by atoms with Crippen molar-refractivity contribution in [3.63, 3.8) is 0 Å². The molecule has 0 atom stereocenters. The highest BCUT2D eigenvalue weighted by Gasteiger charge is 2.23. The molecule has 1 aromatic carbocycles. The van der Waals surface area contributed by atoms with Gasteiger partial charge < -0.3 is 14.6 Å². The Morgan fingerprint density at radius 2 is 2.03 bits per heavy atom. The molecule has 0 spiro atoms. The number of esters is 1. The van der Waals surface area contributed by atoms with Gasteiger partial charge in [-0.1, -0.05) is 41.9 Å². The largest absolute Gasteiger partial charge is 0.465 e. The van der Waals surface area contributed by atoms with Gasteiger partial charge in [0.25, 0.3) is 0 Å². The second-order valence-electron chi connectivity index (χ2n) is 6.51. The predicted molar refractivity (Wildman–Crippen MR) is 126 cm³/mol. The lowest BCUT2D eigenvalue weighted by molar-refractivity contribution is -0.113. The molecule has 11 heteroatoms. The number of halogens is 2. The average molecular weight is 499 g/mol. The molecule has 0 saturated heterocycles. The topological polar surface area (TPSA) is 86.1 Å². The second kappa shape index (κ2) is 10.0. The Morgan fingerprint density at radius 3 is 2.68 bits per heavy atom. The summed E-state index contributed by atoms with van der Waals surface area (Å²) in [4.78, 5) is 25.7. The lowest BCUT2D eigenvalue weighted by Gasteiger charge is -2.07. The Kier molecular flexibility index (Phi) is 7.64. The highest BCUT2D eigenvalue weighted by molar-refractivity contribution is 7.99. The molecule has 2 heterocycles. The van der Waals surface area contributed by atoms with Gasteiger partial charge in [0.1, 0.15) is 5.00 Å². The molecule has 0 aliphatic heterocycles. The standard InChI is InChI=1S/C20H20Cl2N4O3S2/c1-5-12-10(2)31-18(16(12)19(28)29-4)23-15(27)9-30-20-25-24-17(26(20)3)13-7-6-11(21)8-14(13)22/h6-8H,5,9H2,1-4H3,(H,23,27). The van der Waals surface area contributed by atoms with Crippen LogP contribution in [0.2, 0.25) is 10.0 Å². The monoisotopic (exact) mass is 498 g/mol. The molecule has 0 saturated carbocycles. The number of hydrogen-bond acceptors (Lipinski definition) is 7. The van der Waals surface area contributed by atoms with Crippen LogP contribution in [0.4, 0.5) is 5.00 Å². The molecular weight excluding hydrogens is 479 g/mol. The fourth-order valence-corrected chi connectivity index (χ4v) is 5.40. The van der Waals surface area contributed by atoms with Crippen LogP contribution in [-0.2, 0) is 23.0 Å². The van der Waals surface area contributed by atoms with Crippen molar-refractivity contribution in [2.24, 2.45) is 7.05 Å². The molecule has 0 aliphatic carbocycles. The Balaban J connectivity index is 1.73. The number of amides is 1. The lowest BCUT2D eigenvalue weighted by atomic mass is 10.1. The van der Waals surface area contributed by atoms with Crippen LogP contribution >= 0.6 is 46.3 Å². The van der Waals surface area contributed by atoms with Crippen LogP contribution in [0, 0.1) is 6.92 Å². The van der Waals surface area contributed by atoms with E-state index in [0.29, 0.717) is 43.6 Å². The number of carbonyl (C=O) groups excluding carboxylic acids is 2. The number of benzene rings is 1. The zero-order chi connectivity index (χ0) is 22.7. The van der Waals surface area contributed by atoms with Gasteiger partial charge in [0.05, 0.1) is 23.4 Å². The molecule has 0 bridgehead atoms. The Morgan fingerprint density at radius 1 is 1.29 bits per heavy atom. The van der Waals surface area contributed by atoms with Crippen LogP contribution in [0.5, 0.6) is 0 Å². The number of rotatable bonds is 7. The zero-order valence-electron chi connectivity index (χ0n) is 17.3. The van der Waals surface area contributed by atoms with E-state index in [4.69, 9.17) is 27.9 Å². The van der Waals surface area contributed by atoms with Crippen molar-refractivity contribution in [1.82, 2.24) is 14.8 Å². The predicted octanol–water partition coefficient (Wildman–Crippen LogP) is 5.24. The first-order valence-corrected chi connectivity index (χ1v) is 11.8. The van der Waals surface area contributed by atoms with E-state index in [1.54, 1.807) is 29.8 Å². The first kappa shape index (κ1) is 23.6. The molecule has 2 aromatic heterocycles. The molecule has 31 heavy (non-hydrogen) atoms. The first-order chi connectivity index (χ1) is 14.8. The molecule has 3 rings (SSSR count). The number of aryl methyl sites for hydroxylation is 1. The van der Waals surface area contributed by atoms with E-state index in [1.165, 1.54) is 30.2 Å². The van der Waals surface area contributed by atoms with Gasteiger partial charge in [-0.05, 0) is 37.1 Å². The number of methoxy groups -OCH3 is 1. The van der Waals surface area contributed by atoms with Crippen LogP contribution in [-0.4, -0.2) is 39.5 Å². The molecule has 1 amide bonds. The van der Waals surface area contributed by atoms with E-state index in [1.807, 2.05) is 13.8 Å². The normalized spacial score (nSPS) is 10.9. The third kappa shape index (κ3) is 5.06. The molecule has 0 aliphatic rings. The summed E-state index contributed by atoms with van der Waals surface area (Å²) in [6, 6.07) is 5.14. The van der Waals surface area contributed by atoms with E-state index < -0.39 is 5.97 Å². The maximum atomic E-state index is 12.6. The number of hydrogen-bond donors (Lipinski definition) is 1. The molecule has 1 N–H and O–H groups in total. The third-order valence-electron chi connectivity index (χ3n) is 4.54. The molecule has 7 nitrogen and oxygen atoms in total. The molecule has 3 aromatic rings. The summed E-state index contributed by atoms with van der Waals surface area (Å²) in [5, 5.41) is 13.2. The third-order valence-corrected chi connectivity index (χ3v) is 7.18. The van der Waals surface area contributed by atoms with Gasteiger partial charge in [-0.3, -0.25) is 4.79 Å². The van der Waals surface area contributed by atoms with E-state index in [0.717, 1.165) is 10.4 Å². The number of carbonyl (C=O) groups is 2. The van der Waals surface area contributed by atoms with Crippen LogP contribution in [0.15, 0.2) is 23.4 Å². The van der Waals surface area contributed by atoms with Crippen molar-refractivity contribution < 1.29 is 14.3 Å². The molecule has 0 fully saturated rings. The van der Waals surface area contributed by atoms with Crippen LogP contribution in [0.3, 0.4) is 0 Å². The molecular formula is C20H20Cl2N4O3S2. The summed E-state index contributed by atoms with van der Waals surface area (Å²) in [5.74, 6) is -0.0478. The Hall–Kier alpha value is -2.07. The van der Waals surface area contributed by atoms with Gasteiger partial charge in [0.2, 0.25) is 5.91 Å². The minimum absolute atomic E-state index is 0.0966. The smallest absolute Gasteiger partial charge is 0.341 e. The average Bonchev–Trinajstić information content (AvgIpc) is 3.24. The number of nitrogens with one attached hydrogen (secondary N) is 1. The fraction of sp³-hybridized carbons (Fsp3) is 0.300. The van der Waals surface area contributed by atoms with E-state index in [-0.39, 0.29) is 11.7 Å². The molecule has 0 radical (unpaired) electrons. The highest BCUT2D eigenvalue weighted by atomic mass is 35.5. The zero-order valence-corrected chi connectivity index (χ0v) is 20.4. The van der Waals surface area contributed by atoms with Crippen molar-refractivity contribution in [3.05, 3.63) is 44.2 Å². The van der Waals surface area contributed by atoms with Crippen LogP contribution < -0.4 is 5.32 Å². The minimum Gasteiger partial charge on any atom is -0.465 e. The Labute approximate surface area is 198 Å². The quantitative estimate of drug-likeness (QED) is 0.354. The summed E-state index contributed by atoms with van der Waals surface area (Å²) in [6.07, 6.45) is 0.673. The van der Waals surface area contributed by atoms with Gasteiger partial charge in [0, 0.05) is 22.5 Å². The minimum atomic E-state index is -0.457. The highest BCUT2D eigenvalue weighted by Crippen LogP contribution is 2.34. The molecule has 164 valence electrons. The summed E-state index contributed by atoms with van der Waals surface area (Å²) in [7, 11) is 3.13. The Bertz CT molecular complexity index is 1140. The number of anilines is 1. The summed E-state index contributed by atoms with van der Waals surface area (Å²) in [5.41, 5.74) is 2.00. The number of nitrogens with zero attached hydrogens (tertiary/aromatic N) is 3. The maximum Gasteiger partial charge on any atom is 0.341 e. The fourth-order valence-electron chi connectivity index (χ4n) is 3.05. The van der Waals surface area contributed by atoms with Crippen molar-refractivity contribution in [2.45, 2.75) is 25.4 Å².